The number of rotatable bonds is 3. The summed E-state index contributed by atoms with van der Waals surface area (Å²) in [5.74, 6) is 0.420. The van der Waals surface area contributed by atoms with Gasteiger partial charge >= 0.3 is 0 Å². The number of amides is 1. The topological polar surface area (TPSA) is 55.6 Å². The van der Waals surface area contributed by atoms with Crippen LogP contribution in [0.4, 0.5) is 0 Å². The highest BCUT2D eigenvalue weighted by molar-refractivity contribution is 5.96. The monoisotopic (exact) mass is 316 g/mol. The molecule has 2 aromatic heterocycles. The second-order valence-electron chi connectivity index (χ2n) is 7.21. The van der Waals surface area contributed by atoms with Gasteiger partial charge in [0.1, 0.15) is 5.52 Å². The molecule has 0 saturated carbocycles. The normalized spacial score (nSPS) is 19.3. The van der Waals surface area contributed by atoms with Crippen molar-refractivity contribution in [3.05, 3.63) is 30.2 Å². The quantitative estimate of drug-likeness (QED) is 0.869. The number of carbonyl (C=O) groups is 1. The number of ether oxygens (including phenoxy) is 1. The van der Waals surface area contributed by atoms with Crippen LogP contribution in [0.25, 0.3) is 11.1 Å². The van der Waals surface area contributed by atoms with Gasteiger partial charge in [0.05, 0.1) is 24.0 Å². The molecule has 1 fully saturated rings. The fraction of sp³-hybridized carbons (Fsp3) is 0.556. The number of pyridine rings is 1. The van der Waals surface area contributed by atoms with Gasteiger partial charge in [-0.15, -0.1) is 0 Å². The fourth-order valence-electron chi connectivity index (χ4n) is 2.90. The Kier molecular flexibility index (Phi) is 4.39. The second-order valence-corrected chi connectivity index (χ2v) is 7.21. The lowest BCUT2D eigenvalue weighted by atomic mass is 9.98. The summed E-state index contributed by atoms with van der Waals surface area (Å²) in [5, 5.41) is 0. The first kappa shape index (κ1) is 16.0. The molecule has 2 aromatic rings. The maximum absolute atomic E-state index is 12.7. The largest absolute Gasteiger partial charge is 0.463 e. The zero-order valence-corrected chi connectivity index (χ0v) is 14.0. The summed E-state index contributed by atoms with van der Waals surface area (Å²) in [7, 11) is 0. The summed E-state index contributed by atoms with van der Waals surface area (Å²) in [5.41, 5.74) is 1.88. The summed E-state index contributed by atoms with van der Waals surface area (Å²) >= 11 is 0. The molecule has 1 aliphatic rings. The van der Waals surface area contributed by atoms with E-state index in [1.807, 2.05) is 4.90 Å². The van der Waals surface area contributed by atoms with Crippen molar-refractivity contribution >= 4 is 17.0 Å². The highest BCUT2D eigenvalue weighted by Crippen LogP contribution is 2.22. The lowest BCUT2D eigenvalue weighted by molar-refractivity contribution is -0.0328. The van der Waals surface area contributed by atoms with E-state index in [2.05, 4.69) is 25.8 Å². The third-order valence-electron chi connectivity index (χ3n) is 4.11. The van der Waals surface area contributed by atoms with Gasteiger partial charge in [-0.3, -0.25) is 9.78 Å². The molecule has 0 spiro atoms. The Labute approximate surface area is 136 Å². The number of carbonyl (C=O) groups excluding carboxylic acids is 1. The predicted octanol–water partition coefficient (Wildman–Crippen LogP) is 3.50. The van der Waals surface area contributed by atoms with Crippen LogP contribution in [-0.2, 0) is 4.74 Å². The molecule has 1 atom stereocenters. The van der Waals surface area contributed by atoms with Gasteiger partial charge in [-0.25, -0.2) is 0 Å². The average molecular weight is 316 g/mol. The maximum atomic E-state index is 12.7. The second kappa shape index (κ2) is 6.32. The van der Waals surface area contributed by atoms with Crippen molar-refractivity contribution in [1.82, 2.24) is 9.88 Å². The van der Waals surface area contributed by atoms with Crippen molar-refractivity contribution in [3.63, 3.8) is 0 Å². The first-order valence-electron chi connectivity index (χ1n) is 8.19. The number of piperidine rings is 1. The van der Waals surface area contributed by atoms with Crippen molar-refractivity contribution in [3.8, 4) is 0 Å². The number of hydrogen-bond acceptors (Lipinski definition) is 4. The number of fused-ring (bicyclic) bond motifs is 1. The minimum atomic E-state index is -0.138. The van der Waals surface area contributed by atoms with Crippen LogP contribution in [0.1, 0.15) is 44.0 Å². The van der Waals surface area contributed by atoms with Crippen LogP contribution in [0.2, 0.25) is 0 Å². The Hall–Kier alpha value is -1.88. The van der Waals surface area contributed by atoms with Crippen LogP contribution in [0.5, 0.6) is 0 Å². The van der Waals surface area contributed by atoms with E-state index in [4.69, 9.17) is 9.15 Å². The standard InChI is InChI=1S/C18H24N2O3/c1-18(2,3)23-12-13-5-4-7-20(11-13)17(21)14-9-16-15(19-10-14)6-8-22-16/h6,8-10,13H,4-5,7,11-12H2,1-3H3. The molecule has 0 bridgehead atoms. The molecule has 1 amide bonds. The Morgan fingerprint density at radius 1 is 1.48 bits per heavy atom. The molecule has 3 heterocycles. The molecule has 1 aliphatic heterocycles. The van der Waals surface area contributed by atoms with E-state index in [-0.39, 0.29) is 11.5 Å². The molecule has 5 nitrogen and oxygen atoms in total. The van der Waals surface area contributed by atoms with Gasteiger partial charge in [-0.05, 0) is 45.6 Å². The van der Waals surface area contributed by atoms with Crippen LogP contribution >= 0.6 is 0 Å². The average Bonchev–Trinajstić information content (AvgIpc) is 2.99. The van der Waals surface area contributed by atoms with Gasteiger partial charge in [-0.1, -0.05) is 0 Å². The zero-order chi connectivity index (χ0) is 16.4. The smallest absolute Gasteiger partial charge is 0.255 e. The van der Waals surface area contributed by atoms with Crippen LogP contribution in [0, 0.1) is 5.92 Å². The van der Waals surface area contributed by atoms with E-state index >= 15 is 0 Å². The van der Waals surface area contributed by atoms with E-state index in [0.717, 1.165) is 31.4 Å². The van der Waals surface area contributed by atoms with Gasteiger partial charge in [0.25, 0.3) is 5.91 Å². The lowest BCUT2D eigenvalue weighted by Gasteiger charge is -2.34. The molecule has 0 aliphatic carbocycles. The van der Waals surface area contributed by atoms with Crippen LogP contribution in [-0.4, -0.2) is 41.1 Å². The van der Waals surface area contributed by atoms with E-state index in [1.54, 1.807) is 24.6 Å². The Morgan fingerprint density at radius 2 is 2.30 bits per heavy atom. The third kappa shape index (κ3) is 3.91. The summed E-state index contributed by atoms with van der Waals surface area (Å²) in [4.78, 5) is 18.9. The van der Waals surface area contributed by atoms with Crippen molar-refractivity contribution in [1.29, 1.82) is 0 Å². The van der Waals surface area contributed by atoms with E-state index < -0.39 is 0 Å². The Bertz CT molecular complexity index is 687. The van der Waals surface area contributed by atoms with Gasteiger partial charge in [0.2, 0.25) is 0 Å². The predicted molar refractivity (Wildman–Crippen MR) is 88.3 cm³/mol. The number of hydrogen-bond donors (Lipinski definition) is 0. The van der Waals surface area contributed by atoms with Crippen LogP contribution in [0.15, 0.2) is 29.0 Å². The summed E-state index contributed by atoms with van der Waals surface area (Å²) in [6, 6.07) is 3.57. The molecule has 0 N–H and O–H groups in total. The number of likely N-dealkylation sites (tertiary alicyclic amines) is 1. The van der Waals surface area contributed by atoms with Gasteiger partial charge < -0.3 is 14.1 Å². The van der Waals surface area contributed by atoms with Crippen LogP contribution in [0.3, 0.4) is 0 Å². The van der Waals surface area contributed by atoms with Crippen LogP contribution < -0.4 is 0 Å². The van der Waals surface area contributed by atoms with Gasteiger partial charge in [0, 0.05) is 25.4 Å². The number of aromatic nitrogens is 1. The molecular weight excluding hydrogens is 292 g/mol. The van der Waals surface area contributed by atoms with E-state index in [9.17, 15) is 4.79 Å². The zero-order valence-electron chi connectivity index (χ0n) is 14.0. The molecule has 124 valence electrons. The van der Waals surface area contributed by atoms with E-state index in [1.165, 1.54) is 0 Å². The molecule has 1 unspecified atom stereocenters. The minimum absolute atomic E-state index is 0.0243. The first-order valence-corrected chi connectivity index (χ1v) is 8.19. The molecule has 3 rings (SSSR count). The number of furan rings is 1. The highest BCUT2D eigenvalue weighted by atomic mass is 16.5. The van der Waals surface area contributed by atoms with E-state index in [0.29, 0.717) is 23.7 Å². The van der Waals surface area contributed by atoms with Gasteiger partial charge in [-0.2, -0.15) is 0 Å². The van der Waals surface area contributed by atoms with Crippen molar-refractivity contribution < 1.29 is 13.9 Å². The Balaban J connectivity index is 1.66. The summed E-state index contributed by atoms with van der Waals surface area (Å²) < 4.78 is 11.2. The summed E-state index contributed by atoms with van der Waals surface area (Å²) in [6.07, 6.45) is 5.35. The van der Waals surface area contributed by atoms with Crippen molar-refractivity contribution in [2.45, 2.75) is 39.2 Å². The lowest BCUT2D eigenvalue weighted by Crippen LogP contribution is -2.42. The molecule has 0 radical (unpaired) electrons. The highest BCUT2D eigenvalue weighted by Gasteiger charge is 2.26. The third-order valence-corrected chi connectivity index (χ3v) is 4.11. The van der Waals surface area contributed by atoms with Crippen molar-refractivity contribution in [2.75, 3.05) is 19.7 Å². The maximum Gasteiger partial charge on any atom is 0.255 e. The molecular formula is C18H24N2O3. The molecule has 1 saturated heterocycles. The minimum Gasteiger partial charge on any atom is -0.463 e. The molecule has 5 heteroatoms. The molecule has 23 heavy (non-hydrogen) atoms. The fourth-order valence-corrected chi connectivity index (χ4v) is 2.90. The first-order chi connectivity index (χ1) is 10.9. The van der Waals surface area contributed by atoms with Crippen molar-refractivity contribution in [2.24, 2.45) is 5.92 Å². The number of nitrogens with zero attached hydrogens (tertiary/aromatic N) is 2. The van der Waals surface area contributed by atoms with Gasteiger partial charge in [0.15, 0.2) is 5.58 Å². The Morgan fingerprint density at radius 3 is 3.09 bits per heavy atom. The summed E-state index contributed by atoms with van der Waals surface area (Å²) in [6.45, 7) is 8.41. The molecule has 0 aromatic carbocycles. The SMILES string of the molecule is CC(C)(C)OCC1CCCN(C(=O)c2cnc3ccoc3c2)C1.